The first-order chi connectivity index (χ1) is 15.8. The molecule has 3 heterocycles. The van der Waals surface area contributed by atoms with Gasteiger partial charge in [0.2, 0.25) is 0 Å². The number of hydrogen-bond donors (Lipinski definition) is 1. The number of benzene rings is 2. The number of aryl methyl sites for hydroxylation is 1. The summed E-state index contributed by atoms with van der Waals surface area (Å²) in [6.07, 6.45) is 3.27. The van der Waals surface area contributed by atoms with Crippen LogP contribution < -0.4 is 4.74 Å². The van der Waals surface area contributed by atoms with Crippen LogP contribution in [0.5, 0.6) is 5.75 Å². The van der Waals surface area contributed by atoms with Gasteiger partial charge in [-0.2, -0.15) is 5.10 Å². The average Bonchev–Trinajstić information content (AvgIpc) is 3.31. The van der Waals surface area contributed by atoms with E-state index in [0.717, 1.165) is 16.9 Å². The molecule has 0 spiro atoms. The lowest BCUT2D eigenvalue weighted by Crippen LogP contribution is -2.06. The molecule has 0 aliphatic rings. The van der Waals surface area contributed by atoms with Crippen LogP contribution in [0.2, 0.25) is 5.02 Å². The van der Waals surface area contributed by atoms with E-state index in [9.17, 15) is 9.90 Å². The third-order valence-electron chi connectivity index (χ3n) is 5.35. The molecule has 8 heteroatoms. The minimum Gasteiger partial charge on any atom is -0.491 e. The fraction of sp³-hybridized carbons (Fsp3) is 0.160. The smallest absolute Gasteiger partial charge is 0.337 e. The minimum absolute atomic E-state index is 0.0527. The van der Waals surface area contributed by atoms with Gasteiger partial charge in [-0.25, -0.2) is 9.31 Å². The Bertz CT molecular complexity index is 1530. The zero-order chi connectivity index (χ0) is 23.3. The number of nitrogens with zero attached hydrogens (tertiary/aromatic N) is 4. The van der Waals surface area contributed by atoms with E-state index in [0.29, 0.717) is 33.1 Å². The van der Waals surface area contributed by atoms with Gasteiger partial charge in [0.05, 0.1) is 39.8 Å². The molecule has 0 amide bonds. The molecule has 1 N–H and O–H groups in total. The topological polar surface area (TPSA) is 81.7 Å². The molecule has 3 aromatic heterocycles. The molecule has 0 atom stereocenters. The monoisotopic (exact) mass is 460 g/mol. The lowest BCUT2D eigenvalue weighted by molar-refractivity contribution is 0.0697. The van der Waals surface area contributed by atoms with Crippen LogP contribution in [0.1, 0.15) is 29.8 Å². The van der Waals surface area contributed by atoms with E-state index in [-0.39, 0.29) is 11.7 Å². The average molecular weight is 461 g/mol. The van der Waals surface area contributed by atoms with Crippen LogP contribution in [0.3, 0.4) is 0 Å². The second kappa shape index (κ2) is 7.94. The number of carboxylic acid groups (broad SMARTS) is 1. The van der Waals surface area contributed by atoms with Gasteiger partial charge in [-0.1, -0.05) is 35.4 Å². The Balaban J connectivity index is 1.80. The first-order valence-corrected chi connectivity index (χ1v) is 10.9. The van der Waals surface area contributed by atoms with E-state index >= 15 is 0 Å². The lowest BCUT2D eigenvalue weighted by atomic mass is 10.1. The van der Waals surface area contributed by atoms with Crippen LogP contribution in [0.25, 0.3) is 33.6 Å². The Kier molecular flexibility index (Phi) is 5.06. The van der Waals surface area contributed by atoms with Crippen molar-refractivity contribution < 1.29 is 14.6 Å². The van der Waals surface area contributed by atoms with Crippen molar-refractivity contribution in [1.29, 1.82) is 0 Å². The number of hydrogen-bond acceptors (Lipinski definition) is 4. The number of aromatic nitrogens is 4. The van der Waals surface area contributed by atoms with E-state index < -0.39 is 5.97 Å². The summed E-state index contributed by atoms with van der Waals surface area (Å²) in [4.78, 5) is 16.3. The molecule has 2 aromatic carbocycles. The maximum atomic E-state index is 12.1. The molecular weight excluding hydrogens is 440 g/mol. The van der Waals surface area contributed by atoms with Crippen LogP contribution in [-0.2, 0) is 0 Å². The van der Waals surface area contributed by atoms with Crippen molar-refractivity contribution in [3.8, 4) is 22.7 Å². The third-order valence-corrected chi connectivity index (χ3v) is 5.63. The van der Waals surface area contributed by atoms with Crippen molar-refractivity contribution in [1.82, 2.24) is 19.2 Å². The Morgan fingerprint density at radius 1 is 1.12 bits per heavy atom. The SMILES string of the molecule is Cc1ccc(-n2c3cncc(Cl)c3n3nc(-c4cccc(OC(C)C)c4)cc23)c(C(=O)O)c1. The number of halogens is 1. The van der Waals surface area contributed by atoms with Gasteiger partial charge in [-0.15, -0.1) is 0 Å². The summed E-state index contributed by atoms with van der Waals surface area (Å²) in [6.45, 7) is 5.82. The third kappa shape index (κ3) is 3.60. The molecule has 0 aliphatic carbocycles. The predicted molar refractivity (Wildman–Crippen MR) is 128 cm³/mol. The summed E-state index contributed by atoms with van der Waals surface area (Å²) in [7, 11) is 0. The number of carbonyl (C=O) groups is 1. The zero-order valence-corrected chi connectivity index (χ0v) is 19.0. The molecule has 0 fully saturated rings. The second-order valence-corrected chi connectivity index (χ2v) is 8.55. The van der Waals surface area contributed by atoms with Gasteiger partial charge in [-0.3, -0.25) is 9.55 Å². The second-order valence-electron chi connectivity index (χ2n) is 8.14. The molecule has 0 saturated carbocycles. The quantitative estimate of drug-likeness (QED) is 0.359. The van der Waals surface area contributed by atoms with Gasteiger partial charge in [0, 0.05) is 17.8 Å². The number of carboxylic acids is 1. The Morgan fingerprint density at radius 2 is 1.94 bits per heavy atom. The van der Waals surface area contributed by atoms with Crippen LogP contribution >= 0.6 is 11.6 Å². The predicted octanol–water partition coefficient (Wildman–Crippen LogP) is 5.79. The van der Waals surface area contributed by atoms with Crippen LogP contribution in [0.4, 0.5) is 0 Å². The van der Waals surface area contributed by atoms with Crippen molar-refractivity contribution in [3.63, 3.8) is 0 Å². The molecule has 5 rings (SSSR count). The molecule has 166 valence electrons. The van der Waals surface area contributed by atoms with Gasteiger partial charge in [0.15, 0.2) is 0 Å². The normalized spacial score (nSPS) is 11.5. The standard InChI is InChI=1S/C25H21ClN4O3/c1-14(2)33-17-6-4-5-16(10-17)20-11-23-29(21-8-7-15(3)9-18(21)25(31)32)22-13-27-12-19(26)24(22)30(23)28-20/h4-14H,1-3H3,(H,31,32). The summed E-state index contributed by atoms with van der Waals surface area (Å²) in [5.74, 6) is -0.260. The van der Waals surface area contributed by atoms with Gasteiger partial charge >= 0.3 is 5.97 Å². The number of pyridine rings is 1. The first-order valence-electron chi connectivity index (χ1n) is 10.5. The van der Waals surface area contributed by atoms with Crippen molar-refractivity contribution in [2.24, 2.45) is 0 Å². The lowest BCUT2D eigenvalue weighted by Gasteiger charge is -2.11. The van der Waals surface area contributed by atoms with E-state index in [2.05, 4.69) is 4.98 Å². The minimum atomic E-state index is -1.01. The summed E-state index contributed by atoms with van der Waals surface area (Å²) >= 11 is 6.53. The summed E-state index contributed by atoms with van der Waals surface area (Å²) < 4.78 is 9.40. The molecule has 33 heavy (non-hydrogen) atoms. The Labute approximate surface area is 194 Å². The molecule has 7 nitrogen and oxygen atoms in total. The first kappa shape index (κ1) is 21.0. The largest absolute Gasteiger partial charge is 0.491 e. The molecule has 0 radical (unpaired) electrons. The Morgan fingerprint density at radius 3 is 2.70 bits per heavy atom. The number of aromatic carboxylic acids is 1. The van der Waals surface area contributed by atoms with Gasteiger partial charge in [0.25, 0.3) is 0 Å². The van der Waals surface area contributed by atoms with Gasteiger partial charge in [0.1, 0.15) is 16.9 Å². The molecule has 0 aliphatic heterocycles. The van der Waals surface area contributed by atoms with Crippen molar-refractivity contribution >= 4 is 34.3 Å². The number of rotatable bonds is 5. The number of fused-ring (bicyclic) bond motifs is 3. The van der Waals surface area contributed by atoms with E-state index in [1.54, 1.807) is 29.0 Å². The highest BCUT2D eigenvalue weighted by Crippen LogP contribution is 2.33. The fourth-order valence-corrected chi connectivity index (χ4v) is 4.25. The van der Waals surface area contributed by atoms with E-state index in [1.165, 1.54) is 0 Å². The van der Waals surface area contributed by atoms with E-state index in [4.69, 9.17) is 21.4 Å². The molecule has 0 unspecified atom stereocenters. The van der Waals surface area contributed by atoms with Crippen LogP contribution in [0, 0.1) is 6.92 Å². The summed E-state index contributed by atoms with van der Waals surface area (Å²) in [5, 5.41) is 15.1. The summed E-state index contributed by atoms with van der Waals surface area (Å²) in [6, 6.07) is 15.0. The highest BCUT2D eigenvalue weighted by molar-refractivity contribution is 6.35. The van der Waals surface area contributed by atoms with Crippen molar-refractivity contribution in [2.75, 3.05) is 0 Å². The van der Waals surface area contributed by atoms with Crippen LogP contribution in [0.15, 0.2) is 60.9 Å². The summed E-state index contributed by atoms with van der Waals surface area (Å²) in [5.41, 5.74) is 5.15. The fourth-order valence-electron chi connectivity index (χ4n) is 4.02. The van der Waals surface area contributed by atoms with Crippen molar-refractivity contribution in [3.05, 3.63) is 77.1 Å². The van der Waals surface area contributed by atoms with Crippen LogP contribution in [-0.4, -0.2) is 36.3 Å². The highest BCUT2D eigenvalue weighted by Gasteiger charge is 2.22. The molecular formula is C25H21ClN4O3. The number of ether oxygens (including phenoxy) is 1. The zero-order valence-electron chi connectivity index (χ0n) is 18.3. The number of imidazole rings is 1. The maximum Gasteiger partial charge on any atom is 0.337 e. The molecule has 0 saturated heterocycles. The van der Waals surface area contributed by atoms with Crippen molar-refractivity contribution in [2.45, 2.75) is 26.9 Å². The van der Waals surface area contributed by atoms with Gasteiger partial charge in [-0.05, 0) is 45.0 Å². The highest BCUT2D eigenvalue weighted by atomic mass is 35.5. The van der Waals surface area contributed by atoms with Gasteiger partial charge < -0.3 is 9.84 Å². The van der Waals surface area contributed by atoms with E-state index in [1.807, 2.05) is 61.7 Å². The molecule has 0 bridgehead atoms. The Hall–Kier alpha value is -3.84. The molecule has 5 aromatic rings. The maximum absolute atomic E-state index is 12.1.